The lowest BCUT2D eigenvalue weighted by atomic mass is 9.99. The molecule has 1 aromatic heterocycles. The highest BCUT2D eigenvalue weighted by Crippen LogP contribution is 2.31. The highest BCUT2D eigenvalue weighted by molar-refractivity contribution is 7.12. The van der Waals surface area contributed by atoms with E-state index in [1.807, 2.05) is 25.1 Å². The van der Waals surface area contributed by atoms with Gasteiger partial charge in [0.2, 0.25) is 5.78 Å². The lowest BCUT2D eigenvalue weighted by Crippen LogP contribution is -2.13. The molecule has 0 atom stereocenters. The van der Waals surface area contributed by atoms with Crippen LogP contribution in [0.1, 0.15) is 32.9 Å². The van der Waals surface area contributed by atoms with Gasteiger partial charge in [-0.3, -0.25) is 4.79 Å². The quantitative estimate of drug-likeness (QED) is 0.778. The predicted molar refractivity (Wildman–Crippen MR) is 70.5 cm³/mol. The number of nitrogens with zero attached hydrogens (tertiary/aromatic N) is 1. The Labute approximate surface area is 109 Å². The highest BCUT2D eigenvalue weighted by Gasteiger charge is 2.22. The van der Waals surface area contributed by atoms with Gasteiger partial charge in [0, 0.05) is 0 Å². The number of ether oxygens (including phenoxy) is 1. The van der Waals surface area contributed by atoms with Crippen LogP contribution >= 0.6 is 11.3 Å². The van der Waals surface area contributed by atoms with Crippen molar-refractivity contribution in [1.29, 1.82) is 0 Å². The van der Waals surface area contributed by atoms with Gasteiger partial charge in [0.1, 0.15) is 5.75 Å². The maximum atomic E-state index is 12.5. The van der Waals surface area contributed by atoms with Crippen molar-refractivity contribution < 1.29 is 9.53 Å². The molecular formula is C14H13NO2S. The van der Waals surface area contributed by atoms with Gasteiger partial charge in [0.15, 0.2) is 0 Å². The van der Waals surface area contributed by atoms with E-state index in [0.717, 1.165) is 29.8 Å². The second kappa shape index (κ2) is 4.53. The Hall–Kier alpha value is -1.68. The minimum atomic E-state index is 0.0220. The van der Waals surface area contributed by atoms with Crippen LogP contribution in [0.3, 0.4) is 0 Å². The summed E-state index contributed by atoms with van der Waals surface area (Å²) >= 11 is 1.39. The molecule has 0 saturated heterocycles. The third kappa shape index (κ3) is 1.82. The summed E-state index contributed by atoms with van der Waals surface area (Å²) in [5.74, 6) is 0.787. The van der Waals surface area contributed by atoms with E-state index in [-0.39, 0.29) is 5.78 Å². The average molecular weight is 259 g/mol. The van der Waals surface area contributed by atoms with E-state index in [2.05, 4.69) is 4.98 Å². The zero-order valence-corrected chi connectivity index (χ0v) is 10.9. The summed E-state index contributed by atoms with van der Waals surface area (Å²) in [4.78, 5) is 17.3. The van der Waals surface area contributed by atoms with Gasteiger partial charge in [0.05, 0.1) is 28.3 Å². The van der Waals surface area contributed by atoms with Gasteiger partial charge in [-0.05, 0) is 31.4 Å². The Kier molecular flexibility index (Phi) is 2.88. The van der Waals surface area contributed by atoms with Crippen molar-refractivity contribution >= 4 is 17.1 Å². The molecule has 0 spiro atoms. The summed E-state index contributed by atoms with van der Waals surface area (Å²) in [6.07, 6.45) is 2.00. The standard InChI is InChI=1S/C14H13NO2S/c1-9-14(18-8-15-9)12(16)11-6-2-4-10-5-3-7-17-13(10)11/h2,4,6,8H,3,5,7H2,1H3. The SMILES string of the molecule is Cc1ncsc1C(=O)c1cccc2c1OCCC2. The number of carbonyl (C=O) groups excluding carboxylic acids is 1. The number of carbonyl (C=O) groups is 1. The summed E-state index contributed by atoms with van der Waals surface area (Å²) in [6.45, 7) is 2.55. The Balaban J connectivity index is 2.07. The first-order valence-corrected chi connectivity index (χ1v) is 6.85. The third-order valence-corrected chi connectivity index (χ3v) is 4.06. The number of thiazole rings is 1. The first-order valence-electron chi connectivity index (χ1n) is 5.97. The molecule has 92 valence electrons. The predicted octanol–water partition coefficient (Wildman–Crippen LogP) is 3.01. The molecule has 0 N–H and O–H groups in total. The first-order chi connectivity index (χ1) is 8.77. The van der Waals surface area contributed by atoms with Crippen LogP contribution in [0.2, 0.25) is 0 Å². The van der Waals surface area contributed by atoms with Crippen molar-refractivity contribution in [1.82, 2.24) is 4.98 Å². The van der Waals surface area contributed by atoms with Crippen molar-refractivity contribution in [3.63, 3.8) is 0 Å². The molecule has 4 heteroatoms. The van der Waals surface area contributed by atoms with Crippen molar-refractivity contribution in [3.05, 3.63) is 45.4 Å². The van der Waals surface area contributed by atoms with Gasteiger partial charge in [-0.1, -0.05) is 12.1 Å². The molecule has 1 aliphatic heterocycles. The topological polar surface area (TPSA) is 39.2 Å². The zero-order chi connectivity index (χ0) is 12.5. The van der Waals surface area contributed by atoms with Crippen LogP contribution in [0, 0.1) is 6.92 Å². The number of rotatable bonds is 2. The molecular weight excluding hydrogens is 246 g/mol. The molecule has 0 aliphatic carbocycles. The number of aryl methyl sites for hydroxylation is 2. The molecule has 3 nitrogen and oxygen atoms in total. The van der Waals surface area contributed by atoms with Crippen LogP contribution in [0.4, 0.5) is 0 Å². The van der Waals surface area contributed by atoms with Crippen molar-refractivity contribution in [3.8, 4) is 5.75 Å². The van der Waals surface area contributed by atoms with Crippen molar-refractivity contribution in [2.45, 2.75) is 19.8 Å². The van der Waals surface area contributed by atoms with Crippen LogP contribution in [-0.4, -0.2) is 17.4 Å². The molecule has 2 aromatic rings. The van der Waals surface area contributed by atoms with Crippen LogP contribution in [0.25, 0.3) is 0 Å². The molecule has 0 unspecified atom stereocenters. The van der Waals surface area contributed by atoms with E-state index in [1.165, 1.54) is 11.3 Å². The molecule has 0 fully saturated rings. The third-order valence-electron chi connectivity index (χ3n) is 3.13. The Morgan fingerprint density at radius 1 is 1.44 bits per heavy atom. The molecule has 2 heterocycles. The molecule has 18 heavy (non-hydrogen) atoms. The lowest BCUT2D eigenvalue weighted by molar-refractivity contribution is 0.103. The van der Waals surface area contributed by atoms with Gasteiger partial charge in [-0.15, -0.1) is 11.3 Å². The smallest absolute Gasteiger partial charge is 0.208 e. The summed E-state index contributed by atoms with van der Waals surface area (Å²) in [7, 11) is 0. The van der Waals surface area contributed by atoms with Gasteiger partial charge in [0.25, 0.3) is 0 Å². The maximum Gasteiger partial charge on any atom is 0.208 e. The van der Waals surface area contributed by atoms with Crippen LogP contribution in [-0.2, 0) is 6.42 Å². The van der Waals surface area contributed by atoms with E-state index in [4.69, 9.17) is 4.74 Å². The number of benzene rings is 1. The second-order valence-electron chi connectivity index (χ2n) is 4.34. The largest absolute Gasteiger partial charge is 0.493 e. The molecule has 3 rings (SSSR count). The normalized spacial score (nSPS) is 13.8. The van der Waals surface area contributed by atoms with Crippen LogP contribution < -0.4 is 4.74 Å². The number of aromatic nitrogens is 1. The number of fused-ring (bicyclic) bond motifs is 1. The fourth-order valence-corrected chi connectivity index (χ4v) is 2.97. The number of hydrogen-bond acceptors (Lipinski definition) is 4. The number of ketones is 1. The van der Waals surface area contributed by atoms with Gasteiger partial charge in [-0.2, -0.15) is 0 Å². The first kappa shape index (κ1) is 11.4. The lowest BCUT2D eigenvalue weighted by Gasteiger charge is -2.19. The van der Waals surface area contributed by atoms with E-state index in [0.29, 0.717) is 17.0 Å². The molecule has 0 amide bonds. The summed E-state index contributed by atoms with van der Waals surface area (Å²) in [6, 6.07) is 5.80. The summed E-state index contributed by atoms with van der Waals surface area (Å²) < 4.78 is 5.68. The van der Waals surface area contributed by atoms with Crippen LogP contribution in [0.15, 0.2) is 23.7 Å². The molecule has 1 aromatic carbocycles. The fourth-order valence-electron chi connectivity index (χ4n) is 2.21. The van der Waals surface area contributed by atoms with E-state index in [1.54, 1.807) is 5.51 Å². The second-order valence-corrected chi connectivity index (χ2v) is 5.20. The molecule has 0 radical (unpaired) electrons. The number of para-hydroxylation sites is 1. The zero-order valence-electron chi connectivity index (χ0n) is 10.1. The maximum absolute atomic E-state index is 12.5. The minimum Gasteiger partial charge on any atom is -0.493 e. The number of hydrogen-bond donors (Lipinski definition) is 0. The average Bonchev–Trinajstić information content (AvgIpc) is 2.83. The van der Waals surface area contributed by atoms with Crippen molar-refractivity contribution in [2.24, 2.45) is 0 Å². The van der Waals surface area contributed by atoms with Gasteiger partial charge in [-0.25, -0.2) is 4.98 Å². The van der Waals surface area contributed by atoms with Gasteiger partial charge < -0.3 is 4.74 Å². The van der Waals surface area contributed by atoms with E-state index < -0.39 is 0 Å². The Morgan fingerprint density at radius 3 is 3.11 bits per heavy atom. The summed E-state index contributed by atoms with van der Waals surface area (Å²) in [5, 5.41) is 0. The highest BCUT2D eigenvalue weighted by atomic mass is 32.1. The van der Waals surface area contributed by atoms with Crippen molar-refractivity contribution in [2.75, 3.05) is 6.61 Å². The Morgan fingerprint density at radius 2 is 2.33 bits per heavy atom. The van der Waals surface area contributed by atoms with Crippen LogP contribution in [0.5, 0.6) is 5.75 Å². The van der Waals surface area contributed by atoms with E-state index >= 15 is 0 Å². The molecule has 0 bridgehead atoms. The minimum absolute atomic E-state index is 0.0220. The monoisotopic (exact) mass is 259 g/mol. The van der Waals surface area contributed by atoms with Gasteiger partial charge >= 0.3 is 0 Å². The molecule has 0 saturated carbocycles. The summed E-state index contributed by atoms with van der Waals surface area (Å²) in [5.41, 5.74) is 4.30. The van der Waals surface area contributed by atoms with E-state index in [9.17, 15) is 4.79 Å². The Bertz CT molecular complexity index is 604. The molecule has 1 aliphatic rings. The fraction of sp³-hybridized carbons (Fsp3) is 0.286.